The Hall–Kier alpha value is -2.61. The number of β-lactam (4-membered cyclic amide) rings is 1. The van der Waals surface area contributed by atoms with Crippen molar-refractivity contribution in [3.05, 3.63) is 35.9 Å². The summed E-state index contributed by atoms with van der Waals surface area (Å²) in [6, 6.07) is 9.29. The van der Waals surface area contributed by atoms with Crippen LogP contribution in [-0.4, -0.2) is 58.2 Å². The number of aryl methyl sites for hydroxylation is 1. The number of likely N-dealkylation sites (tertiary alicyclic amines) is 1. The Morgan fingerprint density at radius 2 is 2.11 bits per heavy atom. The topological polar surface area (TPSA) is 122 Å². The van der Waals surface area contributed by atoms with E-state index in [0.717, 1.165) is 5.56 Å². The summed E-state index contributed by atoms with van der Waals surface area (Å²) in [4.78, 5) is 38.1. The molecular formula is C19H25N3O5. The van der Waals surface area contributed by atoms with Crippen molar-refractivity contribution in [2.45, 2.75) is 56.4 Å². The summed E-state index contributed by atoms with van der Waals surface area (Å²) in [5.41, 5.74) is 5.21. The zero-order valence-corrected chi connectivity index (χ0v) is 15.3. The van der Waals surface area contributed by atoms with E-state index in [1.807, 2.05) is 37.3 Å². The predicted molar refractivity (Wildman–Crippen MR) is 96.5 cm³/mol. The fraction of sp³-hybridized carbons (Fsp3) is 0.526. The number of benzene rings is 1. The van der Waals surface area contributed by atoms with Crippen molar-refractivity contribution in [2.24, 2.45) is 5.73 Å². The molecule has 0 aliphatic carbocycles. The number of rotatable bonds is 6. The van der Waals surface area contributed by atoms with Gasteiger partial charge in [-0.25, -0.2) is 4.79 Å². The smallest absolute Gasteiger partial charge is 0.405 e. The summed E-state index contributed by atoms with van der Waals surface area (Å²) >= 11 is 0. The molecule has 4 atom stereocenters. The van der Waals surface area contributed by atoms with E-state index in [4.69, 9.17) is 10.5 Å². The highest BCUT2D eigenvalue weighted by Gasteiger charge is 2.59. The molecule has 0 bridgehead atoms. The van der Waals surface area contributed by atoms with Crippen LogP contribution in [0.4, 0.5) is 4.79 Å². The van der Waals surface area contributed by atoms with Gasteiger partial charge in [0.15, 0.2) is 0 Å². The molecular weight excluding hydrogens is 350 g/mol. The molecule has 1 spiro atoms. The predicted octanol–water partition coefficient (Wildman–Crippen LogP) is 0.324. The Kier molecular flexibility index (Phi) is 5.36. The highest BCUT2D eigenvalue weighted by atomic mass is 16.6. The molecule has 2 unspecified atom stereocenters. The van der Waals surface area contributed by atoms with E-state index in [0.29, 0.717) is 25.8 Å². The van der Waals surface area contributed by atoms with Gasteiger partial charge in [0.2, 0.25) is 12.0 Å². The molecule has 2 aliphatic heterocycles. The monoisotopic (exact) mass is 375 g/mol. The van der Waals surface area contributed by atoms with Crippen LogP contribution in [0.25, 0.3) is 0 Å². The maximum atomic E-state index is 13.2. The molecule has 2 saturated heterocycles. The van der Waals surface area contributed by atoms with Crippen molar-refractivity contribution in [2.75, 3.05) is 6.54 Å². The lowest BCUT2D eigenvalue weighted by Crippen LogP contribution is -2.73. The van der Waals surface area contributed by atoms with Crippen LogP contribution in [-0.2, 0) is 20.7 Å². The van der Waals surface area contributed by atoms with E-state index in [1.54, 1.807) is 0 Å². The number of carbonyl (C=O) groups excluding carboxylic acids is 3. The molecule has 8 heteroatoms. The lowest BCUT2D eigenvalue weighted by molar-refractivity contribution is -0.163. The number of ether oxygens (including phenoxy) is 1. The average molecular weight is 375 g/mol. The lowest BCUT2D eigenvalue weighted by atomic mass is 9.87. The molecule has 8 nitrogen and oxygen atoms in total. The van der Waals surface area contributed by atoms with E-state index in [-0.39, 0.29) is 18.4 Å². The third-order valence-corrected chi connectivity index (χ3v) is 5.49. The second-order valence-corrected chi connectivity index (χ2v) is 7.26. The van der Waals surface area contributed by atoms with Crippen molar-refractivity contribution in [3.8, 4) is 0 Å². The van der Waals surface area contributed by atoms with Crippen LogP contribution in [0, 0.1) is 0 Å². The summed E-state index contributed by atoms with van der Waals surface area (Å²) in [6.07, 6.45) is -1.84. The van der Waals surface area contributed by atoms with Gasteiger partial charge < -0.3 is 25.8 Å². The van der Waals surface area contributed by atoms with Gasteiger partial charge in [-0.1, -0.05) is 30.3 Å². The van der Waals surface area contributed by atoms with Gasteiger partial charge in [0.05, 0.1) is 6.54 Å². The van der Waals surface area contributed by atoms with Crippen molar-refractivity contribution >= 4 is 17.9 Å². The largest absolute Gasteiger partial charge is 0.433 e. The van der Waals surface area contributed by atoms with Crippen molar-refractivity contribution in [1.29, 1.82) is 0 Å². The minimum atomic E-state index is -1.43. The second-order valence-electron chi connectivity index (χ2n) is 7.26. The zero-order chi connectivity index (χ0) is 19.6. The van der Waals surface area contributed by atoms with E-state index in [1.165, 1.54) is 4.90 Å². The maximum absolute atomic E-state index is 13.2. The Labute approximate surface area is 157 Å². The highest BCUT2D eigenvalue weighted by molar-refractivity contribution is 5.98. The van der Waals surface area contributed by atoms with Gasteiger partial charge >= 0.3 is 6.09 Å². The molecule has 1 aromatic rings. The first-order valence-corrected chi connectivity index (χ1v) is 9.15. The molecule has 2 aliphatic rings. The molecule has 3 rings (SSSR count). The van der Waals surface area contributed by atoms with Crippen molar-refractivity contribution < 1.29 is 24.2 Å². The number of aliphatic hydroxyl groups is 1. The molecule has 146 valence electrons. The molecule has 2 heterocycles. The maximum Gasteiger partial charge on any atom is 0.405 e. The van der Waals surface area contributed by atoms with Crippen LogP contribution in [0.1, 0.15) is 31.7 Å². The molecule has 4 N–H and O–H groups in total. The van der Waals surface area contributed by atoms with Gasteiger partial charge in [-0.2, -0.15) is 0 Å². The first-order valence-electron chi connectivity index (χ1n) is 9.15. The number of primary amides is 1. The molecule has 27 heavy (non-hydrogen) atoms. The summed E-state index contributed by atoms with van der Waals surface area (Å²) in [5, 5.41) is 13.3. The van der Waals surface area contributed by atoms with Crippen LogP contribution in [0.5, 0.6) is 0 Å². The van der Waals surface area contributed by atoms with E-state index >= 15 is 0 Å². The molecule has 2 fully saturated rings. The molecule has 0 saturated carbocycles. The lowest BCUT2D eigenvalue weighted by Gasteiger charge is -2.46. The zero-order valence-electron chi connectivity index (χ0n) is 15.3. The molecule has 1 aromatic carbocycles. The summed E-state index contributed by atoms with van der Waals surface area (Å²) in [6.45, 7) is 2.21. The summed E-state index contributed by atoms with van der Waals surface area (Å²) in [5.74, 6) is -0.786. The van der Waals surface area contributed by atoms with E-state index < -0.39 is 29.7 Å². The van der Waals surface area contributed by atoms with Gasteiger partial charge in [-0.05, 0) is 38.2 Å². The van der Waals surface area contributed by atoms with E-state index in [2.05, 4.69) is 5.32 Å². The number of hydrogen-bond acceptors (Lipinski definition) is 5. The van der Waals surface area contributed by atoms with Crippen molar-refractivity contribution in [1.82, 2.24) is 10.2 Å². The number of amides is 3. The quantitative estimate of drug-likeness (QED) is 0.618. The summed E-state index contributed by atoms with van der Waals surface area (Å²) < 4.78 is 4.99. The van der Waals surface area contributed by atoms with Crippen molar-refractivity contribution in [3.63, 3.8) is 0 Å². The Balaban J connectivity index is 1.76. The number of carbonyl (C=O) groups is 3. The Bertz CT molecular complexity index is 725. The fourth-order valence-electron chi connectivity index (χ4n) is 3.97. The first-order chi connectivity index (χ1) is 12.8. The van der Waals surface area contributed by atoms with Gasteiger partial charge in [0.25, 0.3) is 5.91 Å². The number of nitrogens with one attached hydrogen (secondary N) is 1. The minimum Gasteiger partial charge on any atom is -0.433 e. The van der Waals surface area contributed by atoms with Crippen LogP contribution < -0.4 is 11.1 Å². The standard InChI is InChI=1S/C19H25N3O5/c1-12-9-10-19(11-21-17(19)25)22(12)16(24)15(27-18(20)26)14(23)8-7-13-5-3-2-4-6-13/h2-6,12,14-15,23H,7-11H2,1H3,(H2,20,26)(H,21,25)/t12?,14-,15+,19?/m1/s1. The van der Waals surface area contributed by atoms with Gasteiger partial charge in [-0.3, -0.25) is 9.59 Å². The van der Waals surface area contributed by atoms with Gasteiger partial charge in [0, 0.05) is 6.04 Å². The SMILES string of the molecule is CC1CCC2(CNC2=O)N1C(=O)[C@@H](OC(N)=O)[C@H](O)CCc1ccccc1. The summed E-state index contributed by atoms with van der Waals surface area (Å²) in [7, 11) is 0. The fourth-order valence-corrected chi connectivity index (χ4v) is 3.97. The molecule has 0 radical (unpaired) electrons. The minimum absolute atomic E-state index is 0.191. The number of nitrogens with zero attached hydrogens (tertiary/aromatic N) is 1. The van der Waals surface area contributed by atoms with Crippen LogP contribution in [0.2, 0.25) is 0 Å². The van der Waals surface area contributed by atoms with Crippen LogP contribution in [0.15, 0.2) is 30.3 Å². The Morgan fingerprint density at radius 3 is 2.67 bits per heavy atom. The van der Waals surface area contributed by atoms with Crippen LogP contribution in [0.3, 0.4) is 0 Å². The number of hydrogen-bond donors (Lipinski definition) is 3. The van der Waals surface area contributed by atoms with Crippen LogP contribution >= 0.6 is 0 Å². The normalized spacial score (nSPS) is 26.2. The second kappa shape index (κ2) is 7.56. The third-order valence-electron chi connectivity index (χ3n) is 5.49. The molecule has 0 aromatic heterocycles. The first kappa shape index (κ1) is 19.2. The average Bonchev–Trinajstić information content (AvgIpc) is 3.02. The highest BCUT2D eigenvalue weighted by Crippen LogP contribution is 2.38. The Morgan fingerprint density at radius 1 is 1.41 bits per heavy atom. The van der Waals surface area contributed by atoms with E-state index in [9.17, 15) is 19.5 Å². The van der Waals surface area contributed by atoms with Gasteiger partial charge in [0.1, 0.15) is 11.6 Å². The third kappa shape index (κ3) is 3.62. The van der Waals surface area contributed by atoms with Gasteiger partial charge in [-0.15, -0.1) is 0 Å². The number of nitrogens with two attached hydrogens (primary N) is 1. The number of aliphatic hydroxyl groups excluding tert-OH is 1. The molecule has 3 amide bonds.